The molecule has 1 fully saturated rings. The smallest absolute Gasteiger partial charge is 0.0690 e. The van der Waals surface area contributed by atoms with E-state index in [0.29, 0.717) is 5.92 Å². The van der Waals surface area contributed by atoms with Gasteiger partial charge in [-0.1, -0.05) is 43.7 Å². The fourth-order valence-electron chi connectivity index (χ4n) is 3.05. The van der Waals surface area contributed by atoms with Crippen molar-refractivity contribution in [1.82, 2.24) is 0 Å². The fourth-order valence-corrected chi connectivity index (χ4v) is 3.05. The predicted molar refractivity (Wildman–Crippen MR) is 72.0 cm³/mol. The maximum atomic E-state index is 10.7. The Morgan fingerprint density at radius 3 is 2.71 bits per heavy atom. The second-order valence-corrected chi connectivity index (χ2v) is 6.09. The highest BCUT2D eigenvalue weighted by Gasteiger charge is 2.35. The topological polar surface area (TPSA) is 20.2 Å². The van der Waals surface area contributed by atoms with Crippen LogP contribution in [0.25, 0.3) is 0 Å². The van der Waals surface area contributed by atoms with Crippen LogP contribution in [0.15, 0.2) is 24.3 Å². The summed E-state index contributed by atoms with van der Waals surface area (Å²) in [6, 6.07) is 8.52. The normalized spacial score (nSPS) is 33.6. The van der Waals surface area contributed by atoms with Crippen LogP contribution < -0.4 is 0 Å². The first-order valence-electron chi connectivity index (χ1n) is 6.76. The molecule has 1 aliphatic carbocycles. The average Bonchev–Trinajstić information content (AvgIpc) is 2.24. The van der Waals surface area contributed by atoms with E-state index in [1.165, 1.54) is 11.1 Å². The van der Waals surface area contributed by atoms with E-state index in [0.717, 1.165) is 31.6 Å². The minimum absolute atomic E-state index is 0.472. The molecule has 1 aromatic rings. The molecule has 2 rings (SSSR count). The number of aryl methyl sites for hydroxylation is 1. The Labute approximate surface area is 105 Å². The van der Waals surface area contributed by atoms with Gasteiger partial charge in [0.15, 0.2) is 0 Å². The highest BCUT2D eigenvalue weighted by atomic mass is 16.3. The number of benzene rings is 1. The Hall–Kier alpha value is -0.820. The molecule has 0 amide bonds. The first-order chi connectivity index (χ1) is 7.98. The van der Waals surface area contributed by atoms with Gasteiger partial charge in [-0.15, -0.1) is 0 Å². The summed E-state index contributed by atoms with van der Waals surface area (Å²) < 4.78 is 0. The van der Waals surface area contributed by atoms with E-state index in [-0.39, 0.29) is 0 Å². The quantitative estimate of drug-likeness (QED) is 0.824. The maximum Gasteiger partial charge on any atom is 0.0690 e. The lowest BCUT2D eigenvalue weighted by Crippen LogP contribution is -2.39. The van der Waals surface area contributed by atoms with Crippen molar-refractivity contribution in [2.24, 2.45) is 11.8 Å². The molecule has 3 atom stereocenters. The average molecular weight is 232 g/mol. The van der Waals surface area contributed by atoms with Crippen LogP contribution in [-0.2, 0) is 6.42 Å². The molecule has 1 saturated carbocycles. The minimum Gasteiger partial charge on any atom is -0.390 e. The van der Waals surface area contributed by atoms with Crippen LogP contribution in [0, 0.1) is 18.8 Å². The lowest BCUT2D eigenvalue weighted by Gasteiger charge is -2.39. The molecule has 0 radical (unpaired) electrons. The molecule has 1 heteroatoms. The van der Waals surface area contributed by atoms with Crippen molar-refractivity contribution >= 4 is 0 Å². The fraction of sp³-hybridized carbons (Fsp3) is 0.625. The summed E-state index contributed by atoms with van der Waals surface area (Å²) >= 11 is 0. The van der Waals surface area contributed by atoms with Gasteiger partial charge in [-0.25, -0.2) is 0 Å². The molecular formula is C16H24O. The van der Waals surface area contributed by atoms with E-state index in [4.69, 9.17) is 0 Å². The molecule has 0 aromatic heterocycles. The van der Waals surface area contributed by atoms with Crippen molar-refractivity contribution < 1.29 is 5.11 Å². The van der Waals surface area contributed by atoms with Gasteiger partial charge in [-0.05, 0) is 43.6 Å². The van der Waals surface area contributed by atoms with Crippen molar-refractivity contribution in [3.8, 4) is 0 Å². The van der Waals surface area contributed by atoms with Crippen molar-refractivity contribution in [2.45, 2.75) is 52.1 Å². The summed E-state index contributed by atoms with van der Waals surface area (Å²) in [6.45, 7) is 6.68. The van der Waals surface area contributed by atoms with Crippen molar-refractivity contribution in [3.05, 3.63) is 35.4 Å². The van der Waals surface area contributed by atoms with Gasteiger partial charge < -0.3 is 5.11 Å². The van der Waals surface area contributed by atoms with Crippen molar-refractivity contribution in [2.75, 3.05) is 0 Å². The van der Waals surface area contributed by atoms with Crippen LogP contribution in [0.2, 0.25) is 0 Å². The molecule has 1 N–H and O–H groups in total. The van der Waals surface area contributed by atoms with E-state index in [1.54, 1.807) is 0 Å². The van der Waals surface area contributed by atoms with Gasteiger partial charge in [0.1, 0.15) is 0 Å². The van der Waals surface area contributed by atoms with Gasteiger partial charge in [0.25, 0.3) is 0 Å². The molecule has 1 nitrogen and oxygen atoms in total. The molecule has 0 saturated heterocycles. The van der Waals surface area contributed by atoms with Crippen molar-refractivity contribution in [1.29, 1.82) is 0 Å². The molecule has 0 spiro atoms. The van der Waals surface area contributed by atoms with Crippen LogP contribution in [-0.4, -0.2) is 10.7 Å². The van der Waals surface area contributed by atoms with Crippen LogP contribution in [0.1, 0.15) is 44.2 Å². The van der Waals surface area contributed by atoms with Crippen molar-refractivity contribution in [3.63, 3.8) is 0 Å². The Bertz CT molecular complexity index is 385. The van der Waals surface area contributed by atoms with E-state index in [9.17, 15) is 5.11 Å². The zero-order valence-corrected chi connectivity index (χ0v) is 11.2. The Morgan fingerprint density at radius 1 is 1.29 bits per heavy atom. The number of rotatable bonds is 2. The Kier molecular flexibility index (Phi) is 3.58. The van der Waals surface area contributed by atoms with Crippen LogP contribution >= 0.6 is 0 Å². The highest BCUT2D eigenvalue weighted by molar-refractivity contribution is 5.23. The highest BCUT2D eigenvalue weighted by Crippen LogP contribution is 2.38. The van der Waals surface area contributed by atoms with Crippen LogP contribution in [0.4, 0.5) is 0 Å². The molecule has 3 unspecified atom stereocenters. The predicted octanol–water partition coefficient (Wildman–Crippen LogP) is 3.72. The summed E-state index contributed by atoms with van der Waals surface area (Å²) in [7, 11) is 0. The second-order valence-electron chi connectivity index (χ2n) is 6.09. The zero-order valence-electron chi connectivity index (χ0n) is 11.2. The van der Waals surface area contributed by atoms with E-state index >= 15 is 0 Å². The summed E-state index contributed by atoms with van der Waals surface area (Å²) in [5, 5.41) is 10.7. The molecule has 0 heterocycles. The van der Waals surface area contributed by atoms with Gasteiger partial charge >= 0.3 is 0 Å². The van der Waals surface area contributed by atoms with Crippen LogP contribution in [0.3, 0.4) is 0 Å². The van der Waals surface area contributed by atoms with Gasteiger partial charge in [0.05, 0.1) is 5.60 Å². The SMILES string of the molecule is Cc1cccc(CC2(O)CCC(C)C(C)C2)c1. The molecule has 0 bridgehead atoms. The largest absolute Gasteiger partial charge is 0.390 e. The summed E-state index contributed by atoms with van der Waals surface area (Å²) in [6.07, 6.45) is 3.86. The molecular weight excluding hydrogens is 208 g/mol. The number of hydrogen-bond acceptors (Lipinski definition) is 1. The second kappa shape index (κ2) is 4.81. The first-order valence-corrected chi connectivity index (χ1v) is 6.76. The molecule has 17 heavy (non-hydrogen) atoms. The maximum absolute atomic E-state index is 10.7. The monoisotopic (exact) mass is 232 g/mol. The molecule has 94 valence electrons. The van der Waals surface area contributed by atoms with E-state index in [2.05, 4.69) is 45.0 Å². The number of aliphatic hydroxyl groups is 1. The lowest BCUT2D eigenvalue weighted by molar-refractivity contribution is -0.0279. The van der Waals surface area contributed by atoms with E-state index < -0.39 is 5.60 Å². The molecule has 0 aliphatic heterocycles. The van der Waals surface area contributed by atoms with Crippen LogP contribution in [0.5, 0.6) is 0 Å². The lowest BCUT2D eigenvalue weighted by atomic mass is 9.71. The Balaban J connectivity index is 2.07. The molecule has 1 aromatic carbocycles. The first kappa shape index (κ1) is 12.6. The molecule has 1 aliphatic rings. The Morgan fingerprint density at radius 2 is 2.06 bits per heavy atom. The minimum atomic E-state index is -0.472. The van der Waals surface area contributed by atoms with Gasteiger partial charge in [-0.2, -0.15) is 0 Å². The van der Waals surface area contributed by atoms with Gasteiger partial charge in [0, 0.05) is 6.42 Å². The summed E-state index contributed by atoms with van der Waals surface area (Å²) in [5.41, 5.74) is 2.08. The third kappa shape index (κ3) is 3.10. The third-order valence-corrected chi connectivity index (χ3v) is 4.35. The number of hydrogen-bond donors (Lipinski definition) is 1. The third-order valence-electron chi connectivity index (χ3n) is 4.35. The summed E-state index contributed by atoms with van der Waals surface area (Å²) in [4.78, 5) is 0. The summed E-state index contributed by atoms with van der Waals surface area (Å²) in [5.74, 6) is 1.39. The van der Waals surface area contributed by atoms with E-state index in [1.807, 2.05) is 0 Å². The van der Waals surface area contributed by atoms with Gasteiger partial charge in [0.2, 0.25) is 0 Å². The van der Waals surface area contributed by atoms with Gasteiger partial charge in [-0.3, -0.25) is 0 Å². The standard InChI is InChI=1S/C16H24O/c1-12-5-4-6-15(9-12)11-16(17)8-7-13(2)14(3)10-16/h4-6,9,13-14,17H,7-8,10-11H2,1-3H3. The zero-order chi connectivity index (χ0) is 12.5.